The molecule has 3 nitrogen and oxygen atoms in total. The van der Waals surface area contributed by atoms with Crippen LogP contribution in [-0.4, -0.2) is 17.6 Å². The van der Waals surface area contributed by atoms with E-state index in [9.17, 15) is 4.79 Å². The van der Waals surface area contributed by atoms with E-state index in [1.807, 2.05) is 0 Å². The van der Waals surface area contributed by atoms with E-state index in [-0.39, 0.29) is 0 Å². The van der Waals surface area contributed by atoms with Gasteiger partial charge in [-0.1, -0.05) is 0 Å². The molecule has 0 aliphatic heterocycles. The van der Waals surface area contributed by atoms with Gasteiger partial charge in [0.15, 0.2) is 0 Å². The fourth-order valence-corrected chi connectivity index (χ4v) is 0.103. The van der Waals surface area contributed by atoms with Crippen LogP contribution in [0.25, 0.3) is 0 Å². The van der Waals surface area contributed by atoms with Gasteiger partial charge in [0, 0.05) is 13.2 Å². The molecule has 0 aromatic rings. The Balaban J connectivity index is 4.88. The van der Waals surface area contributed by atoms with E-state index in [0.717, 1.165) is 0 Å². The van der Waals surface area contributed by atoms with Crippen molar-refractivity contribution in [3.63, 3.8) is 0 Å². The topological polar surface area (TPSA) is 63.3 Å². The molecule has 0 bridgehead atoms. The number of nitrogens with two attached hydrogens (primary N) is 1. The van der Waals surface area contributed by atoms with Crippen molar-refractivity contribution in [2.75, 3.05) is 6.52 Å². The minimum absolute atomic E-state index is 1.93. The molecule has 0 saturated heterocycles. The van der Waals surface area contributed by atoms with Gasteiger partial charge in [-0.25, -0.2) is 0 Å². The van der Waals surface area contributed by atoms with Crippen LogP contribution >= 0.6 is 0 Å². The highest BCUT2D eigenvalue weighted by Gasteiger charge is 1.91. The van der Waals surface area contributed by atoms with Crippen LogP contribution in [0, 0.1) is 0 Å². The van der Waals surface area contributed by atoms with Crippen molar-refractivity contribution in [3.8, 4) is 0 Å². The van der Waals surface area contributed by atoms with E-state index in [2.05, 4.69) is 0 Å². The summed E-state index contributed by atoms with van der Waals surface area (Å²) >= 11 is 0. The molecule has 1 atom stereocenters. The molecule has 0 heterocycles. The Hall–Kier alpha value is -0.570. The summed E-state index contributed by atoms with van der Waals surface area (Å²) in [6.07, 6.45) is -6.05. The summed E-state index contributed by atoms with van der Waals surface area (Å²) < 4.78 is 34.2. The first-order valence-electron chi connectivity index (χ1n) is 4.13. The van der Waals surface area contributed by atoms with Crippen LogP contribution in [0.2, 0.25) is 0 Å². The van der Waals surface area contributed by atoms with Crippen LogP contribution in [0.4, 0.5) is 0 Å². The van der Waals surface area contributed by atoms with Crippen LogP contribution in [-0.2, 0) is 4.79 Å². The molecule has 0 rings (SSSR count). The number of carboxylic acid groups (broad SMARTS) is 1. The molecular weight excluding hydrogens is 94.0 g/mol. The van der Waals surface area contributed by atoms with Crippen molar-refractivity contribution in [2.24, 2.45) is 5.73 Å². The Labute approximate surface area is 49.2 Å². The molecule has 0 aliphatic rings. The molecule has 0 fully saturated rings. The molecule has 0 amide bonds. The van der Waals surface area contributed by atoms with E-state index >= 15 is 0 Å². The lowest BCUT2D eigenvalue weighted by atomic mass is 10.3. The second-order valence-electron chi connectivity index (χ2n) is 0.741. The number of carbonyl (C=O) groups is 1. The second-order valence-corrected chi connectivity index (χ2v) is 0.741. The quantitative estimate of drug-likeness (QED) is 0.526. The first-order valence-corrected chi connectivity index (χ1v) is 1.55. The Morgan fingerprint density at radius 2 is 2.57 bits per heavy atom. The third-order valence-electron chi connectivity index (χ3n) is 0.262. The zero-order valence-corrected chi connectivity index (χ0v) is 3.51. The van der Waals surface area contributed by atoms with Gasteiger partial charge in [0.05, 0.1) is 0 Å². The van der Waals surface area contributed by atoms with Gasteiger partial charge < -0.3 is 10.8 Å². The molecule has 0 radical (unpaired) electrons. The summed E-state index contributed by atoms with van der Waals surface area (Å²) in [4.78, 5) is 10.2. The Bertz CT molecular complexity index is 192. The third-order valence-corrected chi connectivity index (χ3v) is 0.262. The molecule has 3 N–H and O–H groups in total. The van der Waals surface area contributed by atoms with Crippen LogP contribution < -0.4 is 5.73 Å². The van der Waals surface area contributed by atoms with E-state index in [1.54, 1.807) is 0 Å². The number of hydrogen-bond acceptors (Lipinski definition) is 2. The summed E-state index contributed by atoms with van der Waals surface area (Å²) in [6, 6.07) is 0. The Kier molecular flexibility index (Phi) is 0.900. The highest BCUT2D eigenvalue weighted by atomic mass is 16.4. The van der Waals surface area contributed by atoms with Gasteiger partial charge in [0.1, 0.15) is 0 Å². The SMILES string of the molecule is [2H]C(N)C([2H])([2H])C([2H])([2H])C(=O)O. The monoisotopic (exact) mass is 108 g/mol. The molecule has 7 heavy (non-hydrogen) atoms. The largest absolute Gasteiger partial charge is 0.481 e. The van der Waals surface area contributed by atoms with Crippen LogP contribution in [0.1, 0.15) is 19.6 Å². The first-order chi connectivity index (χ1) is 5.14. The van der Waals surface area contributed by atoms with Crippen molar-refractivity contribution in [2.45, 2.75) is 12.7 Å². The minimum atomic E-state index is -3.14. The lowest BCUT2D eigenvalue weighted by molar-refractivity contribution is -0.137. The predicted molar refractivity (Wildman–Crippen MR) is 25.9 cm³/mol. The van der Waals surface area contributed by atoms with E-state index < -0.39 is 25.2 Å². The average molecular weight is 108 g/mol. The number of rotatable bonds is 3. The smallest absolute Gasteiger partial charge is 0.303 e. The van der Waals surface area contributed by atoms with Crippen LogP contribution in [0.5, 0.6) is 0 Å². The fraction of sp³-hybridized carbons (Fsp3) is 0.750. The Morgan fingerprint density at radius 1 is 2.00 bits per heavy atom. The van der Waals surface area contributed by atoms with Crippen molar-refractivity contribution in [3.05, 3.63) is 0 Å². The molecule has 0 aliphatic carbocycles. The zero-order valence-electron chi connectivity index (χ0n) is 8.51. The molecule has 1 unspecified atom stereocenters. The van der Waals surface area contributed by atoms with Gasteiger partial charge in [-0.2, -0.15) is 0 Å². The maximum absolute atomic E-state index is 10.2. The summed E-state index contributed by atoms with van der Waals surface area (Å²) in [5.41, 5.74) is 4.78. The summed E-state index contributed by atoms with van der Waals surface area (Å²) in [5, 5.41) is 8.27. The highest BCUT2D eigenvalue weighted by Crippen LogP contribution is 1.82. The summed E-state index contributed by atoms with van der Waals surface area (Å²) in [7, 11) is 0. The molecule has 0 aromatic heterocycles. The zero-order chi connectivity index (χ0) is 10.2. The fourth-order valence-electron chi connectivity index (χ4n) is 0.103. The van der Waals surface area contributed by atoms with Crippen molar-refractivity contribution in [1.29, 1.82) is 0 Å². The second kappa shape index (κ2) is 3.61. The highest BCUT2D eigenvalue weighted by molar-refractivity contribution is 5.66. The van der Waals surface area contributed by atoms with Gasteiger partial charge in [0.25, 0.3) is 0 Å². The third kappa shape index (κ3) is 5.43. The standard InChI is InChI=1S/C4H9NO2/c5-3-1-2-4(6)7/h1-3,5H2,(H,6,7)/i1D2,2D2,3D. The first kappa shape index (κ1) is 1.74. The van der Waals surface area contributed by atoms with Gasteiger partial charge in [-0.3, -0.25) is 4.79 Å². The van der Waals surface area contributed by atoms with Gasteiger partial charge in [-0.05, 0) is 12.9 Å². The number of aliphatic carboxylic acids is 1. The molecule has 3 heteroatoms. The maximum atomic E-state index is 10.2. The number of hydrogen-bond donors (Lipinski definition) is 2. The average Bonchev–Trinajstić information content (AvgIpc) is 1.86. The molecular formula is C4H9NO2. The van der Waals surface area contributed by atoms with E-state index in [4.69, 9.17) is 17.7 Å². The van der Waals surface area contributed by atoms with Gasteiger partial charge in [-0.15, -0.1) is 0 Å². The normalized spacial score (nSPS) is 27.9. The van der Waals surface area contributed by atoms with Crippen LogP contribution in [0.15, 0.2) is 0 Å². The Morgan fingerprint density at radius 3 is 2.71 bits per heavy atom. The van der Waals surface area contributed by atoms with Crippen molar-refractivity contribution in [1.82, 2.24) is 0 Å². The molecule has 42 valence electrons. The van der Waals surface area contributed by atoms with Gasteiger partial charge >= 0.3 is 5.97 Å². The lowest BCUT2D eigenvalue weighted by Gasteiger charge is -1.86. The number of carboxylic acids is 1. The van der Waals surface area contributed by atoms with Crippen LogP contribution in [0.3, 0.4) is 0 Å². The van der Waals surface area contributed by atoms with E-state index in [0.29, 0.717) is 0 Å². The van der Waals surface area contributed by atoms with E-state index in [1.165, 1.54) is 0 Å². The van der Waals surface area contributed by atoms with Gasteiger partial charge in [0.2, 0.25) is 0 Å². The van der Waals surface area contributed by atoms with Crippen molar-refractivity contribution >= 4 is 5.97 Å². The summed E-state index contributed by atoms with van der Waals surface area (Å²) in [6.45, 7) is -1.93. The molecule has 0 saturated carbocycles. The van der Waals surface area contributed by atoms with Crippen molar-refractivity contribution < 1.29 is 16.8 Å². The lowest BCUT2D eigenvalue weighted by Crippen LogP contribution is -2.02. The minimum Gasteiger partial charge on any atom is -0.481 e. The molecule has 0 spiro atoms. The maximum Gasteiger partial charge on any atom is 0.303 e. The molecule has 0 aromatic carbocycles. The summed E-state index contributed by atoms with van der Waals surface area (Å²) in [5.74, 6) is -1.96. The predicted octanol–water partition coefficient (Wildman–Crippen LogP) is -0.190.